The topological polar surface area (TPSA) is 45.7 Å². The number of hydrogen-bond donors (Lipinski definition) is 0. The minimum atomic E-state index is 0.213. The molecule has 2 aliphatic rings. The standard InChI is InChI=1S/C22H29N3O2S/c1-17-4-2-3-9-25(17)21(26)14-20-16-28-22(23-20)19-7-5-18(6-8-19)15-24-10-12-27-13-11-24/h5-8,16-17H,2-4,9-15H2,1H3. The zero-order valence-corrected chi connectivity index (χ0v) is 17.4. The largest absolute Gasteiger partial charge is 0.379 e. The number of piperidine rings is 1. The van der Waals surface area contributed by atoms with Crippen LogP contribution in [0.5, 0.6) is 0 Å². The average Bonchev–Trinajstić information content (AvgIpc) is 3.18. The molecule has 1 aromatic heterocycles. The quantitative estimate of drug-likeness (QED) is 0.771. The van der Waals surface area contributed by atoms with Gasteiger partial charge < -0.3 is 9.64 Å². The number of benzene rings is 1. The van der Waals surface area contributed by atoms with E-state index >= 15 is 0 Å². The number of nitrogens with zero attached hydrogens (tertiary/aromatic N) is 3. The van der Waals surface area contributed by atoms with Gasteiger partial charge in [0.15, 0.2) is 0 Å². The van der Waals surface area contributed by atoms with Crippen molar-refractivity contribution in [3.63, 3.8) is 0 Å². The van der Waals surface area contributed by atoms with Gasteiger partial charge in [-0.25, -0.2) is 4.98 Å². The lowest BCUT2D eigenvalue weighted by Crippen LogP contribution is -2.42. The van der Waals surface area contributed by atoms with Gasteiger partial charge in [-0.3, -0.25) is 9.69 Å². The number of rotatable bonds is 5. The molecule has 3 heterocycles. The zero-order valence-electron chi connectivity index (χ0n) is 16.6. The molecule has 2 saturated heterocycles. The smallest absolute Gasteiger partial charge is 0.228 e. The molecule has 0 N–H and O–H groups in total. The van der Waals surface area contributed by atoms with Crippen LogP contribution in [0.2, 0.25) is 0 Å². The fourth-order valence-corrected chi connectivity index (χ4v) is 4.84. The normalized spacial score (nSPS) is 21.0. The molecule has 1 amide bonds. The summed E-state index contributed by atoms with van der Waals surface area (Å²) in [6.45, 7) is 7.67. The summed E-state index contributed by atoms with van der Waals surface area (Å²) < 4.78 is 5.41. The SMILES string of the molecule is CC1CCCCN1C(=O)Cc1csc(-c2ccc(CN3CCOCC3)cc2)n1. The summed E-state index contributed by atoms with van der Waals surface area (Å²) in [5, 5.41) is 3.02. The summed E-state index contributed by atoms with van der Waals surface area (Å²) in [6.07, 6.45) is 3.88. The van der Waals surface area contributed by atoms with E-state index in [0.717, 1.165) is 68.5 Å². The molecule has 150 valence electrons. The second kappa shape index (κ2) is 9.16. The lowest BCUT2D eigenvalue weighted by molar-refractivity contribution is -0.133. The Morgan fingerprint density at radius 2 is 1.96 bits per heavy atom. The molecule has 0 aliphatic carbocycles. The van der Waals surface area contributed by atoms with Gasteiger partial charge in [0.05, 0.1) is 25.3 Å². The number of aromatic nitrogens is 1. The predicted molar refractivity (Wildman–Crippen MR) is 112 cm³/mol. The third-order valence-electron chi connectivity index (χ3n) is 5.72. The van der Waals surface area contributed by atoms with Gasteiger partial charge in [-0.1, -0.05) is 24.3 Å². The molecule has 0 saturated carbocycles. The molecule has 2 aromatic rings. The molecule has 4 rings (SSSR count). The third-order valence-corrected chi connectivity index (χ3v) is 6.66. The Bertz CT molecular complexity index is 783. The number of likely N-dealkylation sites (tertiary alicyclic amines) is 1. The van der Waals surface area contributed by atoms with E-state index in [1.807, 2.05) is 10.3 Å². The molecule has 6 heteroatoms. The molecule has 1 unspecified atom stereocenters. The summed E-state index contributed by atoms with van der Waals surface area (Å²) in [7, 11) is 0. The highest BCUT2D eigenvalue weighted by Crippen LogP contribution is 2.25. The Labute approximate surface area is 171 Å². The van der Waals surface area contributed by atoms with E-state index in [1.54, 1.807) is 11.3 Å². The number of hydrogen-bond acceptors (Lipinski definition) is 5. The van der Waals surface area contributed by atoms with Crippen molar-refractivity contribution in [3.8, 4) is 10.6 Å². The van der Waals surface area contributed by atoms with Gasteiger partial charge in [-0.15, -0.1) is 11.3 Å². The van der Waals surface area contributed by atoms with Crippen molar-refractivity contribution in [2.24, 2.45) is 0 Å². The molecule has 1 aromatic carbocycles. The van der Waals surface area contributed by atoms with Gasteiger partial charge in [0.1, 0.15) is 5.01 Å². The summed E-state index contributed by atoms with van der Waals surface area (Å²) in [6, 6.07) is 9.02. The van der Waals surface area contributed by atoms with Gasteiger partial charge in [0.2, 0.25) is 5.91 Å². The molecule has 2 aliphatic heterocycles. The van der Waals surface area contributed by atoms with Crippen LogP contribution in [0, 0.1) is 0 Å². The Morgan fingerprint density at radius 1 is 1.18 bits per heavy atom. The van der Waals surface area contributed by atoms with E-state index in [2.05, 4.69) is 36.1 Å². The van der Waals surface area contributed by atoms with Gasteiger partial charge in [0, 0.05) is 43.2 Å². The van der Waals surface area contributed by atoms with Crippen molar-refractivity contribution in [1.82, 2.24) is 14.8 Å². The monoisotopic (exact) mass is 399 g/mol. The van der Waals surface area contributed by atoms with Crippen LogP contribution < -0.4 is 0 Å². The first-order chi connectivity index (χ1) is 13.7. The Kier molecular flexibility index (Phi) is 6.40. The number of carbonyl (C=O) groups excluding carboxylic acids is 1. The number of carbonyl (C=O) groups is 1. The van der Waals surface area contributed by atoms with Crippen molar-refractivity contribution in [1.29, 1.82) is 0 Å². The summed E-state index contributed by atoms with van der Waals surface area (Å²) >= 11 is 1.62. The van der Waals surface area contributed by atoms with Crippen LogP contribution >= 0.6 is 11.3 Å². The van der Waals surface area contributed by atoms with Crippen LogP contribution in [0.1, 0.15) is 37.4 Å². The second-order valence-corrected chi connectivity index (χ2v) is 8.70. The van der Waals surface area contributed by atoms with Crippen molar-refractivity contribution in [2.75, 3.05) is 32.8 Å². The van der Waals surface area contributed by atoms with Gasteiger partial charge >= 0.3 is 0 Å². The van der Waals surface area contributed by atoms with Crippen LogP contribution in [0.25, 0.3) is 10.6 Å². The van der Waals surface area contributed by atoms with Crippen LogP contribution in [-0.2, 0) is 22.5 Å². The van der Waals surface area contributed by atoms with Crippen molar-refractivity contribution < 1.29 is 9.53 Å². The van der Waals surface area contributed by atoms with E-state index in [1.165, 1.54) is 12.0 Å². The van der Waals surface area contributed by atoms with Crippen LogP contribution in [0.4, 0.5) is 0 Å². The number of ether oxygens (including phenoxy) is 1. The van der Waals surface area contributed by atoms with Gasteiger partial charge in [-0.2, -0.15) is 0 Å². The molecule has 0 radical (unpaired) electrons. The maximum atomic E-state index is 12.6. The van der Waals surface area contributed by atoms with E-state index in [9.17, 15) is 4.79 Å². The van der Waals surface area contributed by atoms with Crippen molar-refractivity contribution in [3.05, 3.63) is 40.9 Å². The van der Waals surface area contributed by atoms with Crippen LogP contribution in [0.3, 0.4) is 0 Å². The van der Waals surface area contributed by atoms with E-state index in [4.69, 9.17) is 9.72 Å². The first-order valence-electron chi connectivity index (χ1n) is 10.3. The Hall–Kier alpha value is -1.76. The predicted octanol–water partition coefficient (Wildman–Crippen LogP) is 3.59. The maximum Gasteiger partial charge on any atom is 0.228 e. The zero-order chi connectivity index (χ0) is 19.3. The van der Waals surface area contributed by atoms with E-state index in [0.29, 0.717) is 12.5 Å². The van der Waals surface area contributed by atoms with E-state index in [-0.39, 0.29) is 5.91 Å². The molecule has 28 heavy (non-hydrogen) atoms. The number of morpholine rings is 1. The molecule has 1 atom stereocenters. The third kappa shape index (κ3) is 4.80. The van der Waals surface area contributed by atoms with Gasteiger partial charge in [-0.05, 0) is 31.7 Å². The average molecular weight is 400 g/mol. The molecular formula is C22H29N3O2S. The lowest BCUT2D eigenvalue weighted by atomic mass is 10.0. The molecule has 5 nitrogen and oxygen atoms in total. The first kappa shape index (κ1) is 19.6. The van der Waals surface area contributed by atoms with Crippen LogP contribution in [0.15, 0.2) is 29.6 Å². The van der Waals surface area contributed by atoms with E-state index < -0.39 is 0 Å². The van der Waals surface area contributed by atoms with Crippen molar-refractivity contribution in [2.45, 2.75) is 45.2 Å². The highest BCUT2D eigenvalue weighted by Gasteiger charge is 2.23. The summed E-state index contributed by atoms with van der Waals surface area (Å²) in [5.74, 6) is 0.213. The fraction of sp³-hybridized carbons (Fsp3) is 0.545. The Morgan fingerprint density at radius 3 is 2.71 bits per heavy atom. The van der Waals surface area contributed by atoms with Crippen molar-refractivity contribution >= 4 is 17.2 Å². The minimum absolute atomic E-state index is 0.213. The van der Waals surface area contributed by atoms with Gasteiger partial charge in [0.25, 0.3) is 0 Å². The molecular weight excluding hydrogens is 370 g/mol. The maximum absolute atomic E-state index is 12.6. The number of amides is 1. The number of thiazole rings is 1. The Balaban J connectivity index is 1.36. The minimum Gasteiger partial charge on any atom is -0.379 e. The second-order valence-electron chi connectivity index (χ2n) is 7.84. The molecule has 0 spiro atoms. The highest BCUT2D eigenvalue weighted by atomic mass is 32.1. The van der Waals surface area contributed by atoms with Crippen LogP contribution in [-0.4, -0.2) is 59.6 Å². The first-order valence-corrected chi connectivity index (χ1v) is 11.2. The molecule has 0 bridgehead atoms. The summed E-state index contributed by atoms with van der Waals surface area (Å²) in [4.78, 5) is 21.8. The fourth-order valence-electron chi connectivity index (χ4n) is 4.02. The summed E-state index contributed by atoms with van der Waals surface area (Å²) in [5.41, 5.74) is 3.33. The highest BCUT2D eigenvalue weighted by molar-refractivity contribution is 7.13. The molecule has 2 fully saturated rings. The lowest BCUT2D eigenvalue weighted by Gasteiger charge is -2.33.